The molecule has 1 fully saturated rings. The molecule has 4 rings (SSSR count). The number of rotatable bonds is 10. The van der Waals surface area contributed by atoms with Crippen LogP contribution in [0, 0.1) is 11.7 Å². The quantitative estimate of drug-likeness (QED) is 0.302. The lowest BCUT2D eigenvalue weighted by Crippen LogP contribution is -2.58. The Kier molecular flexibility index (Phi) is 11.4. The minimum absolute atomic E-state index is 0.00445. The third-order valence-corrected chi connectivity index (χ3v) is 10.6. The van der Waals surface area contributed by atoms with Crippen LogP contribution in [0.5, 0.6) is 0 Å². The maximum Gasteiger partial charge on any atom is 0.420 e. The van der Waals surface area contributed by atoms with Crippen LogP contribution in [0.4, 0.5) is 14.9 Å². The van der Waals surface area contributed by atoms with Crippen LogP contribution in [-0.2, 0) is 26.0 Å². The number of methoxy groups -OCH3 is 1. The first-order valence-corrected chi connectivity index (χ1v) is 16.7. The Morgan fingerprint density at radius 3 is 2.36 bits per heavy atom. The molecule has 1 aliphatic heterocycles. The summed E-state index contributed by atoms with van der Waals surface area (Å²) in [7, 11) is -2.72. The van der Waals surface area contributed by atoms with Gasteiger partial charge in [-0.15, -0.1) is 0 Å². The maximum absolute atomic E-state index is 15.6. The number of benzene rings is 3. The second-order valence-electron chi connectivity index (χ2n) is 11.6. The van der Waals surface area contributed by atoms with Crippen molar-refractivity contribution in [3.8, 4) is 0 Å². The number of ether oxygens (including phenoxy) is 1. The van der Waals surface area contributed by atoms with Gasteiger partial charge in [0, 0.05) is 41.7 Å². The van der Waals surface area contributed by atoms with Gasteiger partial charge in [0.1, 0.15) is 5.82 Å². The summed E-state index contributed by atoms with van der Waals surface area (Å²) in [6, 6.07) is 17.2. The van der Waals surface area contributed by atoms with Crippen molar-refractivity contribution in [2.75, 3.05) is 25.1 Å². The molecule has 1 aliphatic rings. The number of hydrogen-bond acceptors (Lipinski definition) is 7. The monoisotopic (exact) mass is 658 g/mol. The Balaban J connectivity index is 1.68. The number of halogens is 2. The fourth-order valence-electron chi connectivity index (χ4n) is 6.08. The highest BCUT2D eigenvalue weighted by Crippen LogP contribution is 2.33. The lowest BCUT2D eigenvalue weighted by molar-refractivity contribution is -0.120. The summed E-state index contributed by atoms with van der Waals surface area (Å²) in [6.07, 6.45) is -0.767. The SMILES string of the molecule is COC(=O)N(C(=O)[C@@H](N)[C@@H](c1ccc(Cl)cc1)C(C)C)c1cccc(F)c1CC[C@H]1CNC[C@H](C)N1S(=O)(=O)c1ccccc1. The van der Waals surface area contributed by atoms with E-state index in [0.717, 1.165) is 17.6 Å². The first-order valence-electron chi connectivity index (χ1n) is 14.9. The number of amides is 2. The first-order chi connectivity index (χ1) is 21.4. The third kappa shape index (κ3) is 7.56. The maximum atomic E-state index is 15.6. The van der Waals surface area contributed by atoms with Crippen molar-refractivity contribution in [1.82, 2.24) is 9.62 Å². The van der Waals surface area contributed by atoms with Gasteiger partial charge >= 0.3 is 6.09 Å². The van der Waals surface area contributed by atoms with Crippen LogP contribution in [0.3, 0.4) is 0 Å². The van der Waals surface area contributed by atoms with E-state index in [9.17, 15) is 18.0 Å². The van der Waals surface area contributed by atoms with Gasteiger partial charge in [0.25, 0.3) is 5.91 Å². The van der Waals surface area contributed by atoms with Crippen LogP contribution < -0.4 is 16.0 Å². The number of piperazine rings is 1. The highest BCUT2D eigenvalue weighted by atomic mass is 35.5. The molecule has 1 saturated heterocycles. The van der Waals surface area contributed by atoms with Gasteiger partial charge in [-0.25, -0.2) is 22.5 Å². The number of anilines is 1. The van der Waals surface area contributed by atoms with Gasteiger partial charge in [-0.3, -0.25) is 4.79 Å². The van der Waals surface area contributed by atoms with E-state index in [1.165, 1.54) is 22.5 Å². The molecule has 0 aromatic heterocycles. The van der Waals surface area contributed by atoms with E-state index in [1.807, 2.05) is 20.8 Å². The van der Waals surface area contributed by atoms with Gasteiger partial charge < -0.3 is 15.8 Å². The van der Waals surface area contributed by atoms with E-state index in [4.69, 9.17) is 22.1 Å². The van der Waals surface area contributed by atoms with Gasteiger partial charge in [-0.2, -0.15) is 4.31 Å². The highest BCUT2D eigenvalue weighted by molar-refractivity contribution is 7.89. The number of imide groups is 1. The average Bonchev–Trinajstić information content (AvgIpc) is 3.01. The Hall–Kier alpha value is -3.35. The van der Waals surface area contributed by atoms with Gasteiger partial charge in [-0.05, 0) is 67.6 Å². The van der Waals surface area contributed by atoms with Crippen molar-refractivity contribution >= 4 is 39.3 Å². The van der Waals surface area contributed by atoms with Crippen molar-refractivity contribution in [2.24, 2.45) is 11.7 Å². The lowest BCUT2D eigenvalue weighted by atomic mass is 9.82. The number of hydrogen-bond donors (Lipinski definition) is 2. The fraction of sp³-hybridized carbons (Fsp3) is 0.394. The minimum atomic E-state index is -3.85. The summed E-state index contributed by atoms with van der Waals surface area (Å²) in [5, 5.41) is 3.79. The molecular weight excluding hydrogens is 619 g/mol. The molecule has 0 spiro atoms. The van der Waals surface area contributed by atoms with E-state index in [0.29, 0.717) is 18.1 Å². The second-order valence-corrected chi connectivity index (χ2v) is 13.9. The van der Waals surface area contributed by atoms with E-state index < -0.39 is 45.8 Å². The zero-order valence-corrected chi connectivity index (χ0v) is 27.4. The Morgan fingerprint density at radius 1 is 1.07 bits per heavy atom. The van der Waals surface area contributed by atoms with Crippen LogP contribution in [0.2, 0.25) is 5.02 Å². The van der Waals surface area contributed by atoms with Gasteiger partial charge in [0.2, 0.25) is 10.0 Å². The molecule has 3 aromatic carbocycles. The largest absolute Gasteiger partial charge is 0.452 e. The number of carbonyl (C=O) groups excluding carboxylic acids is 2. The van der Waals surface area contributed by atoms with Crippen molar-refractivity contribution in [3.63, 3.8) is 0 Å². The number of nitrogens with zero attached hydrogens (tertiary/aromatic N) is 2. The van der Waals surface area contributed by atoms with Crippen LogP contribution >= 0.6 is 11.6 Å². The molecule has 2 amide bonds. The third-order valence-electron chi connectivity index (χ3n) is 8.22. The highest BCUT2D eigenvalue weighted by Gasteiger charge is 2.39. The van der Waals surface area contributed by atoms with E-state index >= 15 is 4.39 Å². The van der Waals surface area contributed by atoms with Gasteiger partial charge in [0.15, 0.2) is 0 Å². The molecule has 0 unspecified atom stereocenters. The number of sulfonamides is 1. The summed E-state index contributed by atoms with van der Waals surface area (Å²) < 4.78 is 49.4. The Labute approximate surface area is 269 Å². The lowest BCUT2D eigenvalue weighted by Gasteiger charge is -2.40. The molecule has 0 radical (unpaired) electrons. The Morgan fingerprint density at radius 2 is 1.73 bits per heavy atom. The number of nitrogens with one attached hydrogen (secondary N) is 1. The van der Waals surface area contributed by atoms with Crippen molar-refractivity contribution in [1.29, 1.82) is 0 Å². The molecule has 4 atom stereocenters. The molecule has 242 valence electrons. The smallest absolute Gasteiger partial charge is 0.420 e. The fourth-order valence-corrected chi connectivity index (χ4v) is 8.07. The van der Waals surface area contributed by atoms with Crippen molar-refractivity contribution in [2.45, 2.75) is 62.6 Å². The molecule has 9 nitrogen and oxygen atoms in total. The molecule has 45 heavy (non-hydrogen) atoms. The summed E-state index contributed by atoms with van der Waals surface area (Å²) >= 11 is 6.08. The normalized spacial score (nSPS) is 18.8. The van der Waals surface area contributed by atoms with Gasteiger partial charge in [-0.1, -0.05) is 61.8 Å². The second kappa shape index (κ2) is 14.8. The molecule has 3 aromatic rings. The Bertz CT molecular complexity index is 1590. The predicted octanol–water partition coefficient (Wildman–Crippen LogP) is 5.33. The van der Waals surface area contributed by atoms with E-state index in [1.54, 1.807) is 54.6 Å². The molecular formula is C33H40ClFN4O5S. The zero-order chi connectivity index (χ0) is 32.9. The first kappa shape index (κ1) is 34.5. The number of nitrogens with two attached hydrogens (primary N) is 1. The standard InChI is InChI=1S/C33H40ClFN4O5S/c1-21(2)30(23-13-15-24(34)16-14-23)31(36)32(40)38(33(41)44-4)29-12-8-11-28(35)27(29)18-17-25-20-37-19-22(3)39(25)45(42,43)26-9-6-5-7-10-26/h5-16,21-22,25,30-31,37H,17-20,36H2,1-4H3/t22-,25-,30+,31-/m0/s1. The molecule has 0 saturated carbocycles. The molecule has 3 N–H and O–H groups in total. The van der Waals surface area contributed by atoms with Crippen LogP contribution in [0.1, 0.15) is 44.2 Å². The average molecular weight is 659 g/mol. The molecule has 0 aliphatic carbocycles. The van der Waals surface area contributed by atoms with Crippen molar-refractivity contribution < 1.29 is 27.1 Å². The number of carbonyl (C=O) groups is 2. The van der Waals surface area contributed by atoms with Crippen LogP contribution in [-0.4, -0.2) is 63.0 Å². The summed E-state index contributed by atoms with van der Waals surface area (Å²) in [5.74, 6) is -2.00. The summed E-state index contributed by atoms with van der Waals surface area (Å²) in [4.78, 5) is 28.2. The minimum Gasteiger partial charge on any atom is -0.452 e. The van der Waals surface area contributed by atoms with Gasteiger partial charge in [0.05, 0.1) is 23.7 Å². The summed E-state index contributed by atoms with van der Waals surface area (Å²) in [6.45, 7) is 6.45. The van der Waals surface area contributed by atoms with Crippen molar-refractivity contribution in [3.05, 3.63) is 94.8 Å². The van der Waals surface area contributed by atoms with Crippen LogP contribution in [0.15, 0.2) is 77.7 Å². The topological polar surface area (TPSA) is 122 Å². The predicted molar refractivity (Wildman–Crippen MR) is 173 cm³/mol. The van der Waals surface area contributed by atoms with Crippen LogP contribution in [0.25, 0.3) is 0 Å². The van der Waals surface area contributed by atoms with E-state index in [-0.39, 0.29) is 40.9 Å². The summed E-state index contributed by atoms with van der Waals surface area (Å²) in [5.41, 5.74) is 7.40. The molecule has 12 heteroatoms. The molecule has 1 heterocycles. The van der Waals surface area contributed by atoms with E-state index in [2.05, 4.69) is 5.32 Å². The molecule has 0 bridgehead atoms. The zero-order valence-electron chi connectivity index (χ0n) is 25.8.